The number of hydrogen-bond donors (Lipinski definition) is 1. The van der Waals surface area contributed by atoms with Crippen molar-refractivity contribution < 1.29 is 17.9 Å². The van der Waals surface area contributed by atoms with Gasteiger partial charge in [-0.25, -0.2) is 13.6 Å². The summed E-state index contributed by atoms with van der Waals surface area (Å²) < 4.78 is 31.1. The SMILES string of the molecule is COc1c(S(N)(=O)=O)cc(C)c(I)c1C(CCc1ccccc1Cl)C(=O)N1CCC(C)CC1. The number of carbonyl (C=O) groups excluding carboxylic acids is 1. The van der Waals surface area contributed by atoms with Gasteiger partial charge in [0.25, 0.3) is 0 Å². The monoisotopic (exact) mass is 604 g/mol. The normalized spacial score (nSPS) is 16.0. The highest BCUT2D eigenvalue weighted by atomic mass is 127. The fraction of sp³-hybridized carbons (Fsp3) is 0.458. The average Bonchev–Trinajstić information content (AvgIpc) is 2.77. The Morgan fingerprint density at radius 3 is 2.52 bits per heavy atom. The molecule has 1 fully saturated rings. The lowest BCUT2D eigenvalue weighted by atomic mass is 9.88. The summed E-state index contributed by atoms with van der Waals surface area (Å²) in [5.74, 6) is 0.127. The number of primary sulfonamides is 1. The van der Waals surface area contributed by atoms with Gasteiger partial charge in [0.2, 0.25) is 15.9 Å². The largest absolute Gasteiger partial charge is 0.495 e. The third kappa shape index (κ3) is 6.01. The minimum atomic E-state index is -4.05. The molecule has 0 saturated carbocycles. The second-order valence-electron chi connectivity index (χ2n) is 8.69. The summed E-state index contributed by atoms with van der Waals surface area (Å²) in [6.07, 6.45) is 2.94. The van der Waals surface area contributed by atoms with E-state index in [0.717, 1.165) is 27.5 Å². The Bertz CT molecular complexity index is 1130. The highest BCUT2D eigenvalue weighted by Gasteiger charge is 2.34. The van der Waals surface area contributed by atoms with Crippen molar-refractivity contribution in [1.82, 2.24) is 4.90 Å². The number of piperidine rings is 1. The van der Waals surface area contributed by atoms with E-state index < -0.39 is 15.9 Å². The number of likely N-dealkylation sites (tertiary alicyclic amines) is 1. The first kappa shape index (κ1) is 26.2. The van der Waals surface area contributed by atoms with Crippen molar-refractivity contribution in [2.45, 2.75) is 50.3 Å². The van der Waals surface area contributed by atoms with Crippen LogP contribution in [0.4, 0.5) is 0 Å². The van der Waals surface area contributed by atoms with Crippen LogP contribution in [-0.4, -0.2) is 39.4 Å². The number of rotatable bonds is 7. The number of sulfonamides is 1. The molecule has 6 nitrogen and oxygen atoms in total. The number of aryl methyl sites for hydroxylation is 2. The molecule has 2 aromatic carbocycles. The van der Waals surface area contributed by atoms with E-state index in [2.05, 4.69) is 29.5 Å². The standard InChI is InChI=1S/C24H30ClIN2O4S/c1-15-10-12-28(13-11-15)24(29)18(9-8-17-6-4-5-7-19(17)25)21-22(26)16(2)14-20(23(21)32-3)33(27,30)31/h4-7,14-15,18H,8-13H2,1-3H3,(H2,27,30,31). The molecular weight excluding hydrogens is 575 g/mol. The van der Waals surface area contributed by atoms with E-state index >= 15 is 0 Å². The molecule has 1 unspecified atom stereocenters. The molecule has 1 amide bonds. The molecule has 0 aliphatic carbocycles. The maximum Gasteiger partial charge on any atom is 0.241 e. The maximum atomic E-state index is 13.9. The summed E-state index contributed by atoms with van der Waals surface area (Å²) >= 11 is 8.55. The van der Waals surface area contributed by atoms with E-state index in [1.54, 1.807) is 0 Å². The first-order valence-corrected chi connectivity index (χ1v) is 14.0. The smallest absolute Gasteiger partial charge is 0.241 e. The zero-order chi connectivity index (χ0) is 24.3. The number of nitrogens with two attached hydrogens (primary N) is 1. The van der Waals surface area contributed by atoms with Gasteiger partial charge in [-0.1, -0.05) is 36.7 Å². The van der Waals surface area contributed by atoms with Crippen LogP contribution in [0.1, 0.15) is 48.8 Å². The van der Waals surface area contributed by atoms with Gasteiger partial charge < -0.3 is 9.64 Å². The number of carbonyl (C=O) groups is 1. The average molecular weight is 605 g/mol. The van der Waals surface area contributed by atoms with Gasteiger partial charge in [0.1, 0.15) is 10.6 Å². The van der Waals surface area contributed by atoms with Crippen molar-refractivity contribution in [2.24, 2.45) is 11.1 Å². The Hall–Kier alpha value is -1.36. The van der Waals surface area contributed by atoms with E-state index in [1.165, 1.54) is 13.2 Å². The summed E-state index contributed by atoms with van der Waals surface area (Å²) in [7, 11) is -2.63. The van der Waals surface area contributed by atoms with E-state index in [9.17, 15) is 13.2 Å². The number of halogens is 2. The first-order chi connectivity index (χ1) is 15.5. The van der Waals surface area contributed by atoms with Crippen molar-refractivity contribution in [2.75, 3.05) is 20.2 Å². The van der Waals surface area contributed by atoms with Gasteiger partial charge in [0.05, 0.1) is 13.0 Å². The highest BCUT2D eigenvalue weighted by Crippen LogP contribution is 2.41. The molecule has 2 N–H and O–H groups in total. The van der Waals surface area contributed by atoms with E-state index in [-0.39, 0.29) is 16.6 Å². The molecule has 3 rings (SSSR count). The molecule has 9 heteroatoms. The first-order valence-electron chi connectivity index (χ1n) is 11.0. The second kappa shape index (κ2) is 10.9. The van der Waals surface area contributed by atoms with Crippen LogP contribution in [0.2, 0.25) is 5.02 Å². The zero-order valence-electron chi connectivity index (χ0n) is 19.1. The molecule has 1 aliphatic heterocycles. The molecule has 2 aromatic rings. The van der Waals surface area contributed by atoms with Crippen molar-refractivity contribution in [3.05, 3.63) is 55.6 Å². The Kier molecular flexibility index (Phi) is 8.69. The fourth-order valence-corrected chi connectivity index (χ4v) is 6.14. The predicted molar refractivity (Wildman–Crippen MR) is 139 cm³/mol. The van der Waals surface area contributed by atoms with Crippen molar-refractivity contribution in [3.63, 3.8) is 0 Å². The number of methoxy groups -OCH3 is 1. The van der Waals surface area contributed by atoms with Gasteiger partial charge in [-0.2, -0.15) is 0 Å². The van der Waals surface area contributed by atoms with Crippen LogP contribution in [0.15, 0.2) is 35.2 Å². The van der Waals surface area contributed by atoms with Crippen molar-refractivity contribution >= 4 is 50.1 Å². The fourth-order valence-electron chi connectivity index (χ4n) is 4.35. The molecule has 180 valence electrons. The van der Waals surface area contributed by atoms with E-state index in [4.69, 9.17) is 21.5 Å². The summed E-state index contributed by atoms with van der Waals surface area (Å²) in [6, 6.07) is 9.07. The molecule has 1 saturated heterocycles. The molecule has 0 radical (unpaired) electrons. The van der Waals surface area contributed by atoms with Gasteiger partial charge in [-0.05, 0) is 84.4 Å². The van der Waals surface area contributed by atoms with E-state index in [1.807, 2.05) is 36.1 Å². The number of benzene rings is 2. The van der Waals surface area contributed by atoms with Gasteiger partial charge in [-0.15, -0.1) is 0 Å². The van der Waals surface area contributed by atoms with Crippen LogP contribution in [0.3, 0.4) is 0 Å². The minimum Gasteiger partial charge on any atom is -0.495 e. The van der Waals surface area contributed by atoms with Gasteiger partial charge in [-0.3, -0.25) is 4.79 Å². The Labute approximate surface area is 215 Å². The lowest BCUT2D eigenvalue weighted by molar-refractivity contribution is -0.134. The lowest BCUT2D eigenvalue weighted by Gasteiger charge is -2.34. The number of hydrogen-bond acceptors (Lipinski definition) is 4. The minimum absolute atomic E-state index is 0.0175. The second-order valence-corrected chi connectivity index (χ2v) is 11.7. The molecule has 0 aromatic heterocycles. The molecule has 1 heterocycles. The van der Waals surface area contributed by atoms with Crippen LogP contribution >= 0.6 is 34.2 Å². The topological polar surface area (TPSA) is 89.7 Å². The highest BCUT2D eigenvalue weighted by molar-refractivity contribution is 14.1. The maximum absolute atomic E-state index is 13.9. The molecule has 1 aliphatic rings. The molecule has 33 heavy (non-hydrogen) atoms. The Morgan fingerprint density at radius 1 is 1.30 bits per heavy atom. The Morgan fingerprint density at radius 2 is 1.94 bits per heavy atom. The summed E-state index contributed by atoms with van der Waals surface area (Å²) in [5.41, 5.74) is 2.26. The summed E-state index contributed by atoms with van der Waals surface area (Å²) in [6.45, 7) is 5.39. The van der Waals surface area contributed by atoms with Crippen LogP contribution < -0.4 is 9.88 Å². The Balaban J connectivity index is 2.11. The number of ether oxygens (including phenoxy) is 1. The zero-order valence-corrected chi connectivity index (χ0v) is 22.8. The van der Waals surface area contributed by atoms with Crippen LogP contribution in [0.5, 0.6) is 5.75 Å². The van der Waals surface area contributed by atoms with Gasteiger partial charge in [0, 0.05) is 27.2 Å². The van der Waals surface area contributed by atoms with Gasteiger partial charge in [0.15, 0.2) is 0 Å². The number of amides is 1. The number of nitrogens with zero attached hydrogens (tertiary/aromatic N) is 1. The summed E-state index contributed by atoms with van der Waals surface area (Å²) in [4.78, 5) is 15.7. The molecule has 0 bridgehead atoms. The third-order valence-corrected chi connectivity index (χ3v) is 9.03. The van der Waals surface area contributed by atoms with E-state index in [0.29, 0.717) is 42.4 Å². The molecule has 1 atom stereocenters. The van der Waals surface area contributed by atoms with Crippen LogP contribution in [-0.2, 0) is 21.2 Å². The van der Waals surface area contributed by atoms with Gasteiger partial charge >= 0.3 is 0 Å². The summed E-state index contributed by atoms with van der Waals surface area (Å²) in [5, 5.41) is 6.16. The van der Waals surface area contributed by atoms with Crippen LogP contribution in [0.25, 0.3) is 0 Å². The third-order valence-electron chi connectivity index (χ3n) is 6.31. The molecule has 0 spiro atoms. The van der Waals surface area contributed by atoms with Crippen molar-refractivity contribution in [1.29, 1.82) is 0 Å². The van der Waals surface area contributed by atoms with Crippen molar-refractivity contribution in [3.8, 4) is 5.75 Å². The molecular formula is C24H30ClIN2O4S. The van der Waals surface area contributed by atoms with Crippen LogP contribution in [0, 0.1) is 16.4 Å². The predicted octanol–water partition coefficient (Wildman–Crippen LogP) is 4.88. The lowest BCUT2D eigenvalue weighted by Crippen LogP contribution is -2.41. The quantitative estimate of drug-likeness (QED) is 0.456.